The van der Waals surface area contributed by atoms with Gasteiger partial charge >= 0.3 is 0 Å². The standard InChI is InChI=1S/C18H20ClN3O/c1-2-14-3-5-15(6-4-14)18(23)22-11-9-21(10-12-22)16-7-8-20-17(19)13-16/h3-8,13H,2,9-12H2,1H3. The van der Waals surface area contributed by atoms with Gasteiger partial charge in [0.25, 0.3) is 5.91 Å². The predicted molar refractivity (Wildman–Crippen MR) is 93.2 cm³/mol. The normalized spacial score (nSPS) is 14.9. The monoisotopic (exact) mass is 329 g/mol. The first-order valence-electron chi connectivity index (χ1n) is 7.92. The number of pyridine rings is 1. The van der Waals surface area contributed by atoms with Gasteiger partial charge in [0.15, 0.2) is 0 Å². The van der Waals surface area contributed by atoms with Gasteiger partial charge in [0.1, 0.15) is 5.15 Å². The fourth-order valence-corrected chi connectivity index (χ4v) is 2.99. The lowest BCUT2D eigenvalue weighted by molar-refractivity contribution is 0.0747. The highest BCUT2D eigenvalue weighted by atomic mass is 35.5. The van der Waals surface area contributed by atoms with Crippen LogP contribution in [0.4, 0.5) is 5.69 Å². The summed E-state index contributed by atoms with van der Waals surface area (Å²) < 4.78 is 0. The zero-order valence-electron chi connectivity index (χ0n) is 13.2. The molecule has 120 valence electrons. The first kappa shape index (κ1) is 15.8. The molecule has 4 nitrogen and oxygen atoms in total. The second-order valence-corrected chi connectivity index (χ2v) is 6.05. The molecule has 2 aromatic rings. The van der Waals surface area contributed by atoms with Crippen molar-refractivity contribution in [1.29, 1.82) is 0 Å². The SMILES string of the molecule is CCc1ccc(C(=O)N2CCN(c3ccnc(Cl)c3)CC2)cc1. The van der Waals surface area contributed by atoms with Gasteiger partial charge in [-0.15, -0.1) is 0 Å². The van der Waals surface area contributed by atoms with E-state index in [1.54, 1.807) is 6.20 Å². The number of nitrogens with zero attached hydrogens (tertiary/aromatic N) is 3. The van der Waals surface area contributed by atoms with Crippen LogP contribution in [0.15, 0.2) is 42.6 Å². The highest BCUT2D eigenvalue weighted by Gasteiger charge is 2.22. The molecule has 2 heterocycles. The quantitative estimate of drug-likeness (QED) is 0.811. The Hall–Kier alpha value is -2.07. The van der Waals surface area contributed by atoms with E-state index in [0.717, 1.165) is 30.8 Å². The Morgan fingerprint density at radius 3 is 2.43 bits per heavy atom. The summed E-state index contributed by atoms with van der Waals surface area (Å²) in [6.45, 7) is 5.16. The number of benzene rings is 1. The molecule has 0 aliphatic carbocycles. The largest absolute Gasteiger partial charge is 0.368 e. The van der Waals surface area contributed by atoms with Crippen LogP contribution in [0.25, 0.3) is 0 Å². The molecule has 0 N–H and O–H groups in total. The van der Waals surface area contributed by atoms with E-state index in [-0.39, 0.29) is 5.91 Å². The van der Waals surface area contributed by atoms with Crippen molar-refractivity contribution in [3.63, 3.8) is 0 Å². The number of carbonyl (C=O) groups is 1. The molecule has 0 spiro atoms. The minimum absolute atomic E-state index is 0.111. The van der Waals surface area contributed by atoms with E-state index in [1.165, 1.54) is 5.56 Å². The van der Waals surface area contributed by atoms with Gasteiger partial charge in [0.2, 0.25) is 0 Å². The number of anilines is 1. The first-order valence-corrected chi connectivity index (χ1v) is 8.30. The summed E-state index contributed by atoms with van der Waals surface area (Å²) >= 11 is 5.95. The van der Waals surface area contributed by atoms with Crippen molar-refractivity contribution >= 4 is 23.2 Å². The second kappa shape index (κ2) is 7.01. The van der Waals surface area contributed by atoms with E-state index < -0.39 is 0 Å². The van der Waals surface area contributed by atoms with Crippen molar-refractivity contribution in [3.8, 4) is 0 Å². The molecule has 1 aliphatic rings. The molecule has 0 bridgehead atoms. The molecule has 1 aliphatic heterocycles. The molecule has 0 unspecified atom stereocenters. The van der Waals surface area contributed by atoms with Crippen molar-refractivity contribution < 1.29 is 4.79 Å². The summed E-state index contributed by atoms with van der Waals surface area (Å²) in [5, 5.41) is 0.497. The van der Waals surface area contributed by atoms with Crippen molar-refractivity contribution in [1.82, 2.24) is 9.88 Å². The third-order valence-electron chi connectivity index (χ3n) is 4.25. The lowest BCUT2D eigenvalue weighted by Gasteiger charge is -2.36. The first-order chi connectivity index (χ1) is 11.2. The van der Waals surface area contributed by atoms with Crippen LogP contribution in [-0.2, 0) is 6.42 Å². The fraction of sp³-hybridized carbons (Fsp3) is 0.333. The molecule has 1 saturated heterocycles. The summed E-state index contributed by atoms with van der Waals surface area (Å²) in [4.78, 5) is 20.7. The van der Waals surface area contributed by atoms with Crippen LogP contribution >= 0.6 is 11.6 Å². The van der Waals surface area contributed by atoms with Crippen LogP contribution in [0.2, 0.25) is 5.15 Å². The topological polar surface area (TPSA) is 36.4 Å². The van der Waals surface area contributed by atoms with Crippen molar-refractivity contribution in [3.05, 3.63) is 58.9 Å². The maximum atomic E-state index is 12.6. The smallest absolute Gasteiger partial charge is 0.253 e. The number of carbonyl (C=O) groups excluding carboxylic acids is 1. The molecular formula is C18H20ClN3O. The van der Waals surface area contributed by atoms with E-state index in [4.69, 9.17) is 11.6 Å². The minimum Gasteiger partial charge on any atom is -0.368 e. The van der Waals surface area contributed by atoms with E-state index in [1.807, 2.05) is 41.3 Å². The van der Waals surface area contributed by atoms with Crippen LogP contribution in [0.5, 0.6) is 0 Å². The van der Waals surface area contributed by atoms with Crippen LogP contribution < -0.4 is 4.90 Å². The van der Waals surface area contributed by atoms with Gasteiger partial charge in [0.05, 0.1) is 0 Å². The Kier molecular flexibility index (Phi) is 4.82. The minimum atomic E-state index is 0.111. The highest BCUT2D eigenvalue weighted by molar-refractivity contribution is 6.29. The van der Waals surface area contributed by atoms with Crippen LogP contribution in [0.3, 0.4) is 0 Å². The maximum Gasteiger partial charge on any atom is 0.253 e. The summed E-state index contributed by atoms with van der Waals surface area (Å²) in [6.07, 6.45) is 2.70. The van der Waals surface area contributed by atoms with Gasteiger partial charge in [-0.05, 0) is 36.2 Å². The van der Waals surface area contributed by atoms with Crippen LogP contribution in [-0.4, -0.2) is 42.0 Å². The number of aryl methyl sites for hydroxylation is 1. The summed E-state index contributed by atoms with van der Waals surface area (Å²) in [6, 6.07) is 11.7. The van der Waals surface area contributed by atoms with Crippen LogP contribution in [0, 0.1) is 0 Å². The third kappa shape index (κ3) is 3.64. The van der Waals surface area contributed by atoms with Gasteiger partial charge in [-0.25, -0.2) is 4.98 Å². The summed E-state index contributed by atoms with van der Waals surface area (Å²) in [5.41, 5.74) is 3.08. The number of piperazine rings is 1. The van der Waals surface area contributed by atoms with Gasteiger partial charge in [-0.2, -0.15) is 0 Å². The average molecular weight is 330 g/mol. The average Bonchev–Trinajstić information content (AvgIpc) is 2.61. The van der Waals surface area contributed by atoms with E-state index >= 15 is 0 Å². The molecule has 1 aromatic carbocycles. The van der Waals surface area contributed by atoms with Gasteiger partial charge in [-0.1, -0.05) is 30.7 Å². The van der Waals surface area contributed by atoms with Gasteiger partial charge < -0.3 is 9.80 Å². The third-order valence-corrected chi connectivity index (χ3v) is 4.46. The molecule has 0 atom stereocenters. The molecule has 1 aromatic heterocycles. The zero-order valence-corrected chi connectivity index (χ0v) is 14.0. The molecule has 3 rings (SSSR count). The Morgan fingerprint density at radius 2 is 1.83 bits per heavy atom. The summed E-state index contributed by atoms with van der Waals surface area (Å²) in [5.74, 6) is 0.111. The number of hydrogen-bond donors (Lipinski definition) is 0. The van der Waals surface area contributed by atoms with Gasteiger partial charge in [-0.3, -0.25) is 4.79 Å². The number of rotatable bonds is 3. The lowest BCUT2D eigenvalue weighted by atomic mass is 10.1. The lowest BCUT2D eigenvalue weighted by Crippen LogP contribution is -2.48. The van der Waals surface area contributed by atoms with Crippen LogP contribution in [0.1, 0.15) is 22.8 Å². The number of hydrogen-bond acceptors (Lipinski definition) is 3. The van der Waals surface area contributed by atoms with Gasteiger partial charge in [0, 0.05) is 43.6 Å². The van der Waals surface area contributed by atoms with Crippen molar-refractivity contribution in [2.24, 2.45) is 0 Å². The Bertz CT molecular complexity index is 679. The van der Waals surface area contributed by atoms with Crippen molar-refractivity contribution in [2.45, 2.75) is 13.3 Å². The number of aromatic nitrogens is 1. The molecule has 0 saturated carbocycles. The highest BCUT2D eigenvalue weighted by Crippen LogP contribution is 2.19. The second-order valence-electron chi connectivity index (χ2n) is 5.67. The Morgan fingerprint density at radius 1 is 1.13 bits per heavy atom. The van der Waals surface area contributed by atoms with Crippen molar-refractivity contribution in [2.75, 3.05) is 31.1 Å². The van der Waals surface area contributed by atoms with E-state index in [9.17, 15) is 4.79 Å². The number of halogens is 1. The number of amides is 1. The summed E-state index contributed by atoms with van der Waals surface area (Å²) in [7, 11) is 0. The predicted octanol–water partition coefficient (Wildman–Crippen LogP) is 3.26. The molecule has 23 heavy (non-hydrogen) atoms. The maximum absolute atomic E-state index is 12.6. The Labute approximate surface area is 141 Å². The molecule has 0 radical (unpaired) electrons. The molecular weight excluding hydrogens is 310 g/mol. The molecule has 1 amide bonds. The molecule has 5 heteroatoms. The Balaban J connectivity index is 1.62. The molecule has 1 fully saturated rings. The zero-order chi connectivity index (χ0) is 16.2. The van der Waals surface area contributed by atoms with E-state index in [0.29, 0.717) is 18.2 Å². The van der Waals surface area contributed by atoms with E-state index in [2.05, 4.69) is 16.8 Å². The fourth-order valence-electron chi connectivity index (χ4n) is 2.82.